The fourth-order valence-electron chi connectivity index (χ4n) is 5.12. The van der Waals surface area contributed by atoms with Crippen LogP contribution in [0.15, 0.2) is 60.4 Å². The number of benzene rings is 2. The van der Waals surface area contributed by atoms with Gasteiger partial charge in [0.25, 0.3) is 0 Å². The van der Waals surface area contributed by atoms with Crippen LogP contribution in [0.25, 0.3) is 21.3 Å². The number of carbonyl (C=O) groups excluding carboxylic acids is 1. The molecule has 0 fully saturated rings. The maximum Gasteiger partial charge on any atom is 0.162 e. The summed E-state index contributed by atoms with van der Waals surface area (Å²) < 4.78 is 12.7. The lowest BCUT2D eigenvalue weighted by Crippen LogP contribution is -2.29. The second-order valence-electron chi connectivity index (χ2n) is 8.98. The zero-order valence-corrected chi connectivity index (χ0v) is 22.0. The normalized spacial score (nSPS) is 13.4. The molecule has 0 radical (unpaired) electrons. The van der Waals surface area contributed by atoms with Crippen molar-refractivity contribution in [2.75, 3.05) is 31.0 Å². The van der Waals surface area contributed by atoms with Crippen LogP contribution < -0.4 is 19.7 Å². The van der Waals surface area contributed by atoms with Gasteiger partial charge in [-0.15, -0.1) is 11.3 Å². The van der Waals surface area contributed by atoms with Crippen LogP contribution in [0.2, 0.25) is 0 Å². The van der Waals surface area contributed by atoms with Gasteiger partial charge in [0.2, 0.25) is 0 Å². The number of rotatable bonds is 8. The highest BCUT2D eigenvalue weighted by Gasteiger charge is 2.31. The van der Waals surface area contributed by atoms with Gasteiger partial charge < -0.3 is 24.5 Å². The van der Waals surface area contributed by atoms with Crippen molar-refractivity contribution in [3.63, 3.8) is 0 Å². The Hall–Kier alpha value is -4.44. The van der Waals surface area contributed by atoms with Gasteiger partial charge >= 0.3 is 0 Å². The van der Waals surface area contributed by atoms with Gasteiger partial charge in [0.1, 0.15) is 24.5 Å². The smallest absolute Gasteiger partial charge is 0.162 e. The molecule has 1 aliphatic rings. The van der Waals surface area contributed by atoms with Crippen LogP contribution >= 0.6 is 11.3 Å². The number of fused-ring (bicyclic) bond motifs is 2. The second kappa shape index (κ2) is 9.79. The van der Waals surface area contributed by atoms with Gasteiger partial charge in [-0.05, 0) is 47.7 Å². The van der Waals surface area contributed by atoms with Crippen molar-refractivity contribution in [3.8, 4) is 21.9 Å². The van der Waals surface area contributed by atoms with Gasteiger partial charge in [0, 0.05) is 46.9 Å². The van der Waals surface area contributed by atoms with Crippen molar-refractivity contribution in [2.24, 2.45) is 7.05 Å². The van der Waals surface area contributed by atoms with Crippen LogP contribution in [0, 0.1) is 0 Å². The van der Waals surface area contributed by atoms with Crippen molar-refractivity contribution in [1.29, 1.82) is 0 Å². The first-order chi connectivity index (χ1) is 18.6. The van der Waals surface area contributed by atoms with E-state index in [1.54, 1.807) is 25.6 Å². The van der Waals surface area contributed by atoms with Crippen molar-refractivity contribution in [2.45, 2.75) is 12.5 Å². The molecule has 0 saturated heterocycles. The predicted octanol–water partition coefficient (Wildman–Crippen LogP) is 5.16. The number of nitrogens with one attached hydrogen (secondary N) is 1. The minimum atomic E-state index is -0.437. The molecule has 0 aliphatic carbocycles. The Morgan fingerprint density at radius 3 is 2.71 bits per heavy atom. The molecule has 3 aromatic heterocycles. The highest BCUT2D eigenvalue weighted by molar-refractivity contribution is 7.13. The van der Waals surface area contributed by atoms with E-state index in [-0.39, 0.29) is 0 Å². The van der Waals surface area contributed by atoms with Crippen LogP contribution in [0.1, 0.15) is 17.3 Å². The van der Waals surface area contributed by atoms with E-state index in [1.807, 2.05) is 47.6 Å². The molecule has 1 aliphatic heterocycles. The zero-order chi connectivity index (χ0) is 26.2. The van der Waals surface area contributed by atoms with E-state index in [0.717, 1.165) is 57.7 Å². The summed E-state index contributed by atoms with van der Waals surface area (Å²) in [6, 6.07) is 13.5. The number of aldehydes is 1. The predicted molar refractivity (Wildman–Crippen MR) is 149 cm³/mol. The summed E-state index contributed by atoms with van der Waals surface area (Å²) in [7, 11) is 5.10. The van der Waals surface area contributed by atoms with E-state index >= 15 is 0 Å². The first-order valence-corrected chi connectivity index (χ1v) is 13.0. The van der Waals surface area contributed by atoms with Crippen molar-refractivity contribution in [3.05, 3.63) is 71.6 Å². The van der Waals surface area contributed by atoms with Gasteiger partial charge in [-0.25, -0.2) is 9.97 Å². The molecule has 0 amide bonds. The molecule has 5 aromatic rings. The Labute approximate surface area is 223 Å². The van der Waals surface area contributed by atoms with Gasteiger partial charge in [-0.2, -0.15) is 5.10 Å². The van der Waals surface area contributed by atoms with E-state index in [9.17, 15) is 4.79 Å². The number of aromatic nitrogens is 4. The molecule has 6 rings (SSSR count). The first kappa shape index (κ1) is 23.9. The summed E-state index contributed by atoms with van der Waals surface area (Å²) in [5, 5.41) is 10.8. The molecule has 192 valence electrons. The van der Waals surface area contributed by atoms with E-state index in [4.69, 9.17) is 9.47 Å². The largest absolute Gasteiger partial charge is 0.493 e. The lowest BCUT2D eigenvalue weighted by atomic mass is 10.1. The third-order valence-electron chi connectivity index (χ3n) is 6.93. The van der Waals surface area contributed by atoms with Crippen molar-refractivity contribution in [1.82, 2.24) is 19.7 Å². The standard InChI is InChI=1S/C28H26N6O3S/c1-33-27(20(14-31-33)26-5-4-10-38-26)23(15-35)34-9-8-17-11-18(6-7-22(17)34)32-28-19-12-24(36-2)25(37-3)13-21(19)29-16-30-28/h4-7,10-16,23H,8-9H2,1-3H3,(H,29,30,32). The molecule has 0 spiro atoms. The van der Waals surface area contributed by atoms with Crippen LogP contribution in [-0.2, 0) is 18.3 Å². The van der Waals surface area contributed by atoms with E-state index in [2.05, 4.69) is 43.5 Å². The number of nitrogens with zero attached hydrogens (tertiary/aromatic N) is 5. The van der Waals surface area contributed by atoms with Crippen molar-refractivity contribution < 1.29 is 14.3 Å². The molecule has 38 heavy (non-hydrogen) atoms. The van der Waals surface area contributed by atoms with Gasteiger partial charge in [-0.3, -0.25) is 4.68 Å². The summed E-state index contributed by atoms with van der Waals surface area (Å²) in [4.78, 5) is 24.6. The maximum atomic E-state index is 12.5. The third kappa shape index (κ3) is 4.03. The number of aryl methyl sites for hydroxylation is 1. The molecule has 4 heterocycles. The molecule has 1 unspecified atom stereocenters. The maximum absolute atomic E-state index is 12.5. The first-order valence-electron chi connectivity index (χ1n) is 12.2. The Morgan fingerprint density at radius 2 is 1.95 bits per heavy atom. The SMILES string of the molecule is COc1cc2ncnc(Nc3ccc4c(c3)CCN4C(C=O)c3c(-c4cccs4)cnn3C)c2cc1OC. The average Bonchev–Trinajstić information content (AvgIpc) is 3.70. The van der Waals surface area contributed by atoms with Gasteiger partial charge in [-0.1, -0.05) is 6.07 Å². The molecule has 1 atom stereocenters. The van der Waals surface area contributed by atoms with Crippen LogP contribution in [0.3, 0.4) is 0 Å². The highest BCUT2D eigenvalue weighted by atomic mass is 32.1. The number of thiophene rings is 1. The highest BCUT2D eigenvalue weighted by Crippen LogP contribution is 2.40. The van der Waals surface area contributed by atoms with Gasteiger partial charge in [0.15, 0.2) is 11.5 Å². The van der Waals surface area contributed by atoms with E-state index < -0.39 is 6.04 Å². The van der Waals surface area contributed by atoms with Crippen molar-refractivity contribution >= 4 is 45.7 Å². The minimum Gasteiger partial charge on any atom is -0.493 e. The molecule has 9 nitrogen and oxygen atoms in total. The molecule has 0 saturated carbocycles. The lowest BCUT2D eigenvalue weighted by molar-refractivity contribution is -0.109. The van der Waals surface area contributed by atoms with Crippen LogP contribution in [0.5, 0.6) is 11.5 Å². The monoisotopic (exact) mass is 526 g/mol. The zero-order valence-electron chi connectivity index (χ0n) is 21.2. The van der Waals surface area contributed by atoms with E-state index in [1.165, 1.54) is 11.9 Å². The molecular weight excluding hydrogens is 500 g/mol. The lowest BCUT2D eigenvalue weighted by Gasteiger charge is -2.27. The third-order valence-corrected chi connectivity index (χ3v) is 7.83. The summed E-state index contributed by atoms with van der Waals surface area (Å²) in [5.41, 5.74) is 5.76. The Kier molecular flexibility index (Phi) is 6.16. The van der Waals surface area contributed by atoms with Crippen LogP contribution in [0.4, 0.5) is 17.2 Å². The van der Waals surface area contributed by atoms with E-state index in [0.29, 0.717) is 17.3 Å². The summed E-state index contributed by atoms with van der Waals surface area (Å²) in [6.07, 6.45) is 5.22. The summed E-state index contributed by atoms with van der Waals surface area (Å²) in [5.74, 6) is 1.90. The molecule has 2 aromatic carbocycles. The fraction of sp³-hybridized carbons (Fsp3) is 0.214. The molecular formula is C28H26N6O3S. The topological polar surface area (TPSA) is 94.4 Å². The number of hydrogen-bond acceptors (Lipinski definition) is 9. The van der Waals surface area contributed by atoms with Gasteiger partial charge in [0.05, 0.1) is 31.6 Å². The summed E-state index contributed by atoms with van der Waals surface area (Å²) in [6.45, 7) is 0.741. The molecule has 1 N–H and O–H groups in total. The average molecular weight is 527 g/mol. The molecule has 0 bridgehead atoms. The molecule has 10 heteroatoms. The van der Waals surface area contributed by atoms with Crippen LogP contribution in [-0.4, -0.2) is 46.8 Å². The number of hydrogen-bond donors (Lipinski definition) is 1. The fourth-order valence-corrected chi connectivity index (χ4v) is 5.86. The Morgan fingerprint density at radius 1 is 1.11 bits per heavy atom. The number of methoxy groups -OCH3 is 2. The minimum absolute atomic E-state index is 0.437. The number of anilines is 3. The Balaban J connectivity index is 1.32. The quantitative estimate of drug-likeness (QED) is 0.277. The number of ether oxygens (including phenoxy) is 2. The Bertz CT molecular complexity index is 1630. The number of carbonyl (C=O) groups is 1. The second-order valence-corrected chi connectivity index (χ2v) is 9.93. The summed E-state index contributed by atoms with van der Waals surface area (Å²) >= 11 is 1.65.